The third-order valence-electron chi connectivity index (χ3n) is 4.20. The molecule has 1 saturated carbocycles. The van der Waals surface area contributed by atoms with Crippen LogP contribution in [0.4, 0.5) is 5.82 Å². The van der Waals surface area contributed by atoms with Crippen molar-refractivity contribution in [3.05, 3.63) is 17.3 Å². The fraction of sp³-hybridized carbons (Fsp3) is 0.600. The van der Waals surface area contributed by atoms with Gasteiger partial charge in [-0.1, -0.05) is 19.8 Å². The van der Waals surface area contributed by atoms with Crippen LogP contribution in [0.1, 0.15) is 38.4 Å². The molecule has 4 nitrogen and oxygen atoms in total. The Bertz CT molecular complexity index is 574. The predicted molar refractivity (Wildman–Crippen MR) is 85.3 cm³/mol. The van der Waals surface area contributed by atoms with Gasteiger partial charge in [0.25, 0.3) is 0 Å². The molecule has 2 heterocycles. The molecule has 0 aromatic carbocycles. The van der Waals surface area contributed by atoms with E-state index in [1.165, 1.54) is 25.7 Å². The standard InChI is InChI=1S/C15H22N4S/c1-3-19(11-6-4-5-7-11)10-13-17-14(16-2)12-8-9-20-15(12)18-13/h8-9,11H,3-7,10H2,1-2H3,(H,16,17,18). The van der Waals surface area contributed by atoms with Crippen molar-refractivity contribution in [2.75, 3.05) is 18.9 Å². The molecule has 0 atom stereocenters. The number of fused-ring (bicyclic) bond motifs is 1. The van der Waals surface area contributed by atoms with Gasteiger partial charge in [0.1, 0.15) is 16.5 Å². The minimum Gasteiger partial charge on any atom is -0.372 e. The van der Waals surface area contributed by atoms with Gasteiger partial charge in [-0.3, -0.25) is 4.90 Å². The van der Waals surface area contributed by atoms with Crippen molar-refractivity contribution in [2.45, 2.75) is 45.2 Å². The van der Waals surface area contributed by atoms with Gasteiger partial charge in [-0.25, -0.2) is 9.97 Å². The molecule has 20 heavy (non-hydrogen) atoms. The van der Waals surface area contributed by atoms with Gasteiger partial charge in [0.15, 0.2) is 0 Å². The maximum Gasteiger partial charge on any atom is 0.146 e. The Morgan fingerprint density at radius 2 is 2.15 bits per heavy atom. The van der Waals surface area contributed by atoms with Gasteiger partial charge in [0, 0.05) is 13.1 Å². The second kappa shape index (κ2) is 6.06. The molecule has 0 unspecified atom stereocenters. The lowest BCUT2D eigenvalue weighted by Crippen LogP contribution is -2.33. The number of thiophene rings is 1. The Balaban J connectivity index is 1.85. The number of hydrogen-bond donors (Lipinski definition) is 1. The van der Waals surface area contributed by atoms with Crippen LogP contribution in [0.5, 0.6) is 0 Å². The van der Waals surface area contributed by atoms with E-state index in [1.807, 2.05) is 7.05 Å². The zero-order chi connectivity index (χ0) is 13.9. The molecule has 0 saturated heterocycles. The Labute approximate surface area is 124 Å². The predicted octanol–water partition coefficient (Wildman–Crippen LogP) is 3.50. The molecule has 1 aliphatic rings. The molecule has 1 aliphatic carbocycles. The minimum absolute atomic E-state index is 0.723. The fourth-order valence-electron chi connectivity index (χ4n) is 3.11. The molecule has 108 valence electrons. The van der Waals surface area contributed by atoms with Crippen molar-refractivity contribution in [2.24, 2.45) is 0 Å². The van der Waals surface area contributed by atoms with E-state index in [2.05, 4.69) is 28.6 Å². The summed E-state index contributed by atoms with van der Waals surface area (Å²) in [6, 6.07) is 2.81. The van der Waals surface area contributed by atoms with Crippen LogP contribution in [0.25, 0.3) is 10.2 Å². The van der Waals surface area contributed by atoms with Crippen molar-refractivity contribution in [3.63, 3.8) is 0 Å². The Morgan fingerprint density at radius 3 is 2.85 bits per heavy atom. The summed E-state index contributed by atoms with van der Waals surface area (Å²) in [5.41, 5.74) is 0. The van der Waals surface area contributed by atoms with Crippen molar-refractivity contribution in [1.82, 2.24) is 14.9 Å². The molecule has 2 aromatic heterocycles. The van der Waals surface area contributed by atoms with E-state index < -0.39 is 0 Å². The average molecular weight is 290 g/mol. The first-order chi connectivity index (χ1) is 9.81. The van der Waals surface area contributed by atoms with Crippen LogP contribution in [-0.2, 0) is 6.54 Å². The van der Waals surface area contributed by atoms with Crippen LogP contribution in [-0.4, -0.2) is 34.5 Å². The van der Waals surface area contributed by atoms with E-state index in [9.17, 15) is 0 Å². The first kappa shape index (κ1) is 13.8. The quantitative estimate of drug-likeness (QED) is 0.915. The summed E-state index contributed by atoms with van der Waals surface area (Å²) >= 11 is 1.69. The summed E-state index contributed by atoms with van der Waals surface area (Å²) in [7, 11) is 1.93. The van der Waals surface area contributed by atoms with Crippen molar-refractivity contribution in [3.8, 4) is 0 Å². The van der Waals surface area contributed by atoms with Gasteiger partial charge >= 0.3 is 0 Å². The van der Waals surface area contributed by atoms with Gasteiger partial charge in [0.05, 0.1) is 11.9 Å². The lowest BCUT2D eigenvalue weighted by molar-refractivity contribution is 0.195. The van der Waals surface area contributed by atoms with Crippen molar-refractivity contribution < 1.29 is 0 Å². The molecular weight excluding hydrogens is 268 g/mol. The third kappa shape index (κ3) is 2.65. The zero-order valence-corrected chi connectivity index (χ0v) is 13.0. The van der Waals surface area contributed by atoms with E-state index in [0.29, 0.717) is 0 Å². The highest BCUT2D eigenvalue weighted by Gasteiger charge is 2.22. The molecule has 3 rings (SSSR count). The first-order valence-corrected chi connectivity index (χ1v) is 8.35. The highest BCUT2D eigenvalue weighted by atomic mass is 32.1. The highest BCUT2D eigenvalue weighted by Crippen LogP contribution is 2.27. The number of nitrogens with zero attached hydrogens (tertiary/aromatic N) is 3. The smallest absolute Gasteiger partial charge is 0.146 e. The molecule has 0 radical (unpaired) electrons. The van der Waals surface area contributed by atoms with Gasteiger partial charge in [-0.15, -0.1) is 11.3 Å². The lowest BCUT2D eigenvalue weighted by Gasteiger charge is -2.26. The van der Waals surface area contributed by atoms with Crippen LogP contribution >= 0.6 is 11.3 Å². The molecule has 0 bridgehead atoms. The van der Waals surface area contributed by atoms with Crippen molar-refractivity contribution >= 4 is 27.4 Å². The summed E-state index contributed by atoms with van der Waals surface area (Å²) in [6.45, 7) is 4.18. The Kier molecular flexibility index (Phi) is 4.17. The molecule has 1 N–H and O–H groups in total. The van der Waals surface area contributed by atoms with E-state index in [4.69, 9.17) is 9.97 Å². The minimum atomic E-state index is 0.723. The van der Waals surface area contributed by atoms with Gasteiger partial charge in [0.2, 0.25) is 0 Å². The van der Waals surface area contributed by atoms with Gasteiger partial charge in [-0.2, -0.15) is 0 Å². The number of rotatable bonds is 5. The molecule has 0 aliphatic heterocycles. The Morgan fingerprint density at radius 1 is 1.35 bits per heavy atom. The SMILES string of the molecule is CCN(Cc1nc(NC)c2ccsc2n1)C1CCCC1. The normalized spacial score (nSPS) is 16.4. The molecule has 0 spiro atoms. The van der Waals surface area contributed by atoms with Gasteiger partial charge in [-0.05, 0) is 30.8 Å². The van der Waals surface area contributed by atoms with E-state index in [0.717, 1.165) is 41.0 Å². The molecule has 0 amide bonds. The summed E-state index contributed by atoms with van der Waals surface area (Å²) < 4.78 is 0. The second-order valence-corrected chi connectivity index (χ2v) is 6.27. The maximum atomic E-state index is 4.73. The lowest BCUT2D eigenvalue weighted by atomic mass is 10.2. The third-order valence-corrected chi connectivity index (χ3v) is 5.01. The molecule has 5 heteroatoms. The second-order valence-electron chi connectivity index (χ2n) is 5.38. The number of hydrogen-bond acceptors (Lipinski definition) is 5. The highest BCUT2D eigenvalue weighted by molar-refractivity contribution is 7.16. The molecule has 1 fully saturated rings. The summed E-state index contributed by atoms with van der Waals surface area (Å²) in [5.74, 6) is 1.90. The monoisotopic (exact) mass is 290 g/mol. The topological polar surface area (TPSA) is 41.1 Å². The van der Waals surface area contributed by atoms with E-state index >= 15 is 0 Å². The maximum absolute atomic E-state index is 4.73. The first-order valence-electron chi connectivity index (χ1n) is 7.47. The van der Waals surface area contributed by atoms with Crippen LogP contribution in [0, 0.1) is 0 Å². The largest absolute Gasteiger partial charge is 0.372 e. The van der Waals surface area contributed by atoms with E-state index in [1.54, 1.807) is 11.3 Å². The van der Waals surface area contributed by atoms with Gasteiger partial charge < -0.3 is 5.32 Å². The van der Waals surface area contributed by atoms with E-state index in [-0.39, 0.29) is 0 Å². The summed E-state index contributed by atoms with van der Waals surface area (Å²) in [6.07, 6.45) is 5.39. The molecule has 2 aromatic rings. The number of aromatic nitrogens is 2. The Hall–Kier alpha value is -1.20. The summed E-state index contributed by atoms with van der Waals surface area (Å²) in [5, 5.41) is 6.41. The summed E-state index contributed by atoms with van der Waals surface area (Å²) in [4.78, 5) is 13.0. The zero-order valence-electron chi connectivity index (χ0n) is 12.2. The van der Waals surface area contributed by atoms with Crippen molar-refractivity contribution in [1.29, 1.82) is 0 Å². The van der Waals surface area contributed by atoms with Crippen LogP contribution in [0.15, 0.2) is 11.4 Å². The average Bonchev–Trinajstić information content (AvgIpc) is 3.14. The fourth-order valence-corrected chi connectivity index (χ4v) is 3.89. The molecular formula is C15H22N4S. The van der Waals surface area contributed by atoms with Crippen LogP contribution < -0.4 is 5.32 Å². The number of anilines is 1. The van der Waals surface area contributed by atoms with Crippen LogP contribution in [0.2, 0.25) is 0 Å². The number of nitrogens with one attached hydrogen (secondary N) is 1. The van der Waals surface area contributed by atoms with Crippen LogP contribution in [0.3, 0.4) is 0 Å².